The number of nitrogens with zero attached hydrogens (tertiary/aromatic N) is 3. The fourth-order valence-corrected chi connectivity index (χ4v) is 3.25. The molecule has 1 aromatic rings. The molecule has 0 radical (unpaired) electrons. The quantitative estimate of drug-likeness (QED) is 0.799. The van der Waals surface area contributed by atoms with Gasteiger partial charge in [-0.1, -0.05) is 29.8 Å². The minimum Gasteiger partial charge on any atom is -0.379 e. The minimum atomic E-state index is 0.143. The SMILES string of the molecule is Cc1ccc(CC(=O)N2CCN(C(=O)CN3CCOCC3)CC2)cc1. The van der Waals surface area contributed by atoms with Crippen molar-refractivity contribution in [1.82, 2.24) is 14.7 Å². The molecule has 0 atom stereocenters. The van der Waals surface area contributed by atoms with Crippen LogP contribution in [0.1, 0.15) is 11.1 Å². The van der Waals surface area contributed by atoms with Crippen LogP contribution in [0.15, 0.2) is 24.3 Å². The third-order valence-electron chi connectivity index (χ3n) is 4.92. The maximum atomic E-state index is 12.4. The maximum absolute atomic E-state index is 12.4. The molecule has 0 bridgehead atoms. The Morgan fingerprint density at radius 2 is 1.44 bits per heavy atom. The molecule has 2 aliphatic rings. The second-order valence-electron chi connectivity index (χ2n) is 6.81. The van der Waals surface area contributed by atoms with Crippen LogP contribution in [0.4, 0.5) is 0 Å². The Morgan fingerprint density at radius 3 is 2.04 bits per heavy atom. The number of rotatable bonds is 4. The molecule has 0 unspecified atom stereocenters. The van der Waals surface area contributed by atoms with Crippen molar-refractivity contribution in [2.45, 2.75) is 13.3 Å². The first-order valence-electron chi connectivity index (χ1n) is 9.03. The summed E-state index contributed by atoms with van der Waals surface area (Å²) in [6.07, 6.45) is 0.433. The largest absolute Gasteiger partial charge is 0.379 e. The number of amides is 2. The monoisotopic (exact) mass is 345 g/mol. The molecule has 2 heterocycles. The lowest BCUT2D eigenvalue weighted by Gasteiger charge is -2.36. The molecule has 6 nitrogen and oxygen atoms in total. The van der Waals surface area contributed by atoms with Crippen LogP contribution in [0.5, 0.6) is 0 Å². The van der Waals surface area contributed by atoms with Crippen LogP contribution in [0, 0.1) is 6.92 Å². The van der Waals surface area contributed by atoms with Crippen molar-refractivity contribution in [2.75, 3.05) is 59.0 Å². The molecule has 0 spiro atoms. The summed E-state index contributed by atoms with van der Waals surface area (Å²) >= 11 is 0. The smallest absolute Gasteiger partial charge is 0.236 e. The molecular formula is C19H27N3O3. The van der Waals surface area contributed by atoms with Gasteiger partial charge in [0.1, 0.15) is 0 Å². The fourth-order valence-electron chi connectivity index (χ4n) is 3.25. The number of hydrogen-bond donors (Lipinski definition) is 0. The predicted molar refractivity (Wildman–Crippen MR) is 95.3 cm³/mol. The summed E-state index contributed by atoms with van der Waals surface area (Å²) in [6.45, 7) is 8.05. The van der Waals surface area contributed by atoms with Crippen molar-refractivity contribution in [3.05, 3.63) is 35.4 Å². The molecule has 1 aromatic carbocycles. The van der Waals surface area contributed by atoms with Crippen LogP contribution in [-0.2, 0) is 20.7 Å². The molecular weight excluding hydrogens is 318 g/mol. The van der Waals surface area contributed by atoms with Gasteiger partial charge in [-0.05, 0) is 12.5 Å². The Bertz CT molecular complexity index is 588. The lowest BCUT2D eigenvalue weighted by Crippen LogP contribution is -2.53. The summed E-state index contributed by atoms with van der Waals surface area (Å²) in [7, 11) is 0. The molecule has 2 amide bonds. The zero-order valence-electron chi connectivity index (χ0n) is 14.9. The van der Waals surface area contributed by atoms with Crippen LogP contribution >= 0.6 is 0 Å². The van der Waals surface area contributed by atoms with Crippen molar-refractivity contribution in [3.63, 3.8) is 0 Å². The van der Waals surface area contributed by atoms with Crippen molar-refractivity contribution in [2.24, 2.45) is 0 Å². The Morgan fingerprint density at radius 1 is 0.880 bits per heavy atom. The van der Waals surface area contributed by atoms with Gasteiger partial charge in [0.2, 0.25) is 11.8 Å². The number of benzene rings is 1. The van der Waals surface area contributed by atoms with Crippen molar-refractivity contribution < 1.29 is 14.3 Å². The fraction of sp³-hybridized carbons (Fsp3) is 0.579. The third kappa shape index (κ3) is 5.03. The Kier molecular flexibility index (Phi) is 6.04. The highest BCUT2D eigenvalue weighted by atomic mass is 16.5. The lowest BCUT2D eigenvalue weighted by molar-refractivity contribution is -0.140. The second kappa shape index (κ2) is 8.45. The minimum absolute atomic E-state index is 0.143. The van der Waals surface area contributed by atoms with Crippen LogP contribution in [0.2, 0.25) is 0 Å². The van der Waals surface area contributed by atoms with Crippen LogP contribution in [-0.4, -0.2) is 85.5 Å². The highest BCUT2D eigenvalue weighted by Crippen LogP contribution is 2.09. The summed E-state index contributed by atoms with van der Waals surface area (Å²) < 4.78 is 5.31. The Balaban J connectivity index is 1.43. The van der Waals surface area contributed by atoms with E-state index in [1.807, 2.05) is 41.0 Å². The molecule has 0 N–H and O–H groups in total. The van der Waals surface area contributed by atoms with E-state index in [0.29, 0.717) is 52.4 Å². The van der Waals surface area contributed by atoms with E-state index in [0.717, 1.165) is 18.7 Å². The van der Waals surface area contributed by atoms with Gasteiger partial charge in [0, 0.05) is 39.3 Å². The average Bonchev–Trinajstić information content (AvgIpc) is 2.64. The van der Waals surface area contributed by atoms with Gasteiger partial charge in [-0.15, -0.1) is 0 Å². The number of carbonyl (C=O) groups excluding carboxylic acids is 2. The topological polar surface area (TPSA) is 53.1 Å². The normalized spacial score (nSPS) is 19.1. The highest BCUT2D eigenvalue weighted by molar-refractivity contribution is 5.80. The summed E-state index contributed by atoms with van der Waals surface area (Å²) in [5, 5.41) is 0. The van der Waals surface area contributed by atoms with E-state index in [-0.39, 0.29) is 11.8 Å². The van der Waals surface area contributed by atoms with Crippen LogP contribution in [0.25, 0.3) is 0 Å². The first kappa shape index (κ1) is 17.9. The lowest BCUT2D eigenvalue weighted by atomic mass is 10.1. The molecule has 25 heavy (non-hydrogen) atoms. The molecule has 2 saturated heterocycles. The molecule has 3 rings (SSSR count). The standard InChI is InChI=1S/C19H27N3O3/c1-16-2-4-17(5-3-16)14-18(23)21-6-8-22(9-7-21)19(24)15-20-10-12-25-13-11-20/h2-5H,6-15H2,1H3. The van der Waals surface area contributed by atoms with Crippen molar-refractivity contribution in [1.29, 1.82) is 0 Å². The number of morpholine rings is 1. The Hall–Kier alpha value is -1.92. The van der Waals surface area contributed by atoms with E-state index >= 15 is 0 Å². The van der Waals surface area contributed by atoms with Crippen molar-refractivity contribution >= 4 is 11.8 Å². The van der Waals surface area contributed by atoms with Gasteiger partial charge in [0.15, 0.2) is 0 Å². The van der Waals surface area contributed by atoms with Crippen molar-refractivity contribution in [3.8, 4) is 0 Å². The van der Waals surface area contributed by atoms with Gasteiger partial charge in [-0.2, -0.15) is 0 Å². The molecule has 2 aliphatic heterocycles. The number of ether oxygens (including phenoxy) is 1. The number of hydrogen-bond acceptors (Lipinski definition) is 4. The van der Waals surface area contributed by atoms with Gasteiger partial charge in [0.25, 0.3) is 0 Å². The number of carbonyl (C=O) groups is 2. The Labute approximate surface area is 149 Å². The molecule has 6 heteroatoms. The van der Waals surface area contributed by atoms with Crippen LogP contribution in [0.3, 0.4) is 0 Å². The first-order chi connectivity index (χ1) is 12.1. The van der Waals surface area contributed by atoms with E-state index in [4.69, 9.17) is 4.74 Å². The highest BCUT2D eigenvalue weighted by Gasteiger charge is 2.25. The summed E-state index contributed by atoms with van der Waals surface area (Å²) in [5.41, 5.74) is 2.24. The zero-order chi connectivity index (χ0) is 17.6. The average molecular weight is 345 g/mol. The first-order valence-corrected chi connectivity index (χ1v) is 9.03. The van der Waals surface area contributed by atoms with E-state index in [1.165, 1.54) is 5.56 Å². The van der Waals surface area contributed by atoms with E-state index in [9.17, 15) is 9.59 Å². The third-order valence-corrected chi connectivity index (χ3v) is 4.92. The number of piperazine rings is 1. The molecule has 0 aromatic heterocycles. The van der Waals surface area contributed by atoms with E-state index in [1.54, 1.807) is 0 Å². The van der Waals surface area contributed by atoms with Gasteiger partial charge in [-0.25, -0.2) is 0 Å². The maximum Gasteiger partial charge on any atom is 0.236 e. The van der Waals surface area contributed by atoms with Gasteiger partial charge >= 0.3 is 0 Å². The molecule has 0 aliphatic carbocycles. The van der Waals surface area contributed by atoms with E-state index in [2.05, 4.69) is 4.90 Å². The predicted octanol–water partition coefficient (Wildman–Crippen LogP) is 0.541. The summed E-state index contributed by atoms with van der Waals surface area (Å²) in [4.78, 5) is 30.7. The van der Waals surface area contributed by atoms with Gasteiger partial charge in [0.05, 0.1) is 26.2 Å². The van der Waals surface area contributed by atoms with Crippen LogP contribution < -0.4 is 0 Å². The van der Waals surface area contributed by atoms with Gasteiger partial charge < -0.3 is 14.5 Å². The summed E-state index contributed by atoms with van der Waals surface area (Å²) in [5.74, 6) is 0.302. The zero-order valence-corrected chi connectivity index (χ0v) is 14.9. The molecule has 136 valence electrons. The van der Waals surface area contributed by atoms with Gasteiger partial charge in [-0.3, -0.25) is 14.5 Å². The molecule has 0 saturated carbocycles. The second-order valence-corrected chi connectivity index (χ2v) is 6.81. The van der Waals surface area contributed by atoms with E-state index < -0.39 is 0 Å². The summed E-state index contributed by atoms with van der Waals surface area (Å²) in [6, 6.07) is 8.08. The molecule has 2 fully saturated rings. The number of aryl methyl sites for hydroxylation is 1.